The zero-order valence-corrected chi connectivity index (χ0v) is 13.1. The fraction of sp³-hybridized carbons (Fsp3) is 0.250. The van der Waals surface area contributed by atoms with Gasteiger partial charge < -0.3 is 14.9 Å². The van der Waals surface area contributed by atoms with Gasteiger partial charge in [0.2, 0.25) is 0 Å². The van der Waals surface area contributed by atoms with E-state index in [1.807, 2.05) is 41.8 Å². The highest BCUT2D eigenvalue weighted by Crippen LogP contribution is 2.17. The average molecular weight is 318 g/mol. The molecule has 0 aliphatic heterocycles. The number of oxime groups is 1. The second-order valence-corrected chi connectivity index (χ2v) is 5.41. The van der Waals surface area contributed by atoms with Crippen LogP contribution in [0.3, 0.4) is 0 Å². The van der Waals surface area contributed by atoms with E-state index in [1.54, 1.807) is 24.7 Å². The first-order valence-corrected chi connectivity index (χ1v) is 7.75. The van der Waals surface area contributed by atoms with Crippen LogP contribution < -0.4 is 10.1 Å². The van der Waals surface area contributed by atoms with Gasteiger partial charge in [0.1, 0.15) is 5.75 Å². The Balaban J connectivity index is 1.65. The van der Waals surface area contributed by atoms with Crippen LogP contribution in [0.15, 0.2) is 46.9 Å². The summed E-state index contributed by atoms with van der Waals surface area (Å²) < 4.78 is 5.26. The molecule has 2 aromatic rings. The Morgan fingerprint density at radius 3 is 2.95 bits per heavy atom. The predicted octanol–water partition coefficient (Wildman–Crippen LogP) is 2.47. The number of hydrogen-bond donors (Lipinski definition) is 1. The maximum absolute atomic E-state index is 11.6. The van der Waals surface area contributed by atoms with E-state index in [2.05, 4.69) is 10.5 Å². The van der Waals surface area contributed by atoms with Gasteiger partial charge >= 0.3 is 0 Å². The minimum atomic E-state index is -0.196. The quantitative estimate of drug-likeness (QED) is 0.601. The molecule has 1 N–H and O–H groups in total. The molecule has 0 spiro atoms. The highest BCUT2D eigenvalue weighted by Gasteiger charge is 2.04. The van der Waals surface area contributed by atoms with E-state index in [-0.39, 0.29) is 12.5 Å². The van der Waals surface area contributed by atoms with Gasteiger partial charge in [-0.25, -0.2) is 0 Å². The number of methoxy groups -OCH3 is 1. The van der Waals surface area contributed by atoms with Gasteiger partial charge in [0, 0.05) is 11.4 Å². The minimum absolute atomic E-state index is 0.0895. The molecule has 0 aliphatic rings. The van der Waals surface area contributed by atoms with Crippen LogP contribution in [0.4, 0.5) is 0 Å². The zero-order chi connectivity index (χ0) is 15.6. The Hall–Kier alpha value is -2.34. The van der Waals surface area contributed by atoms with Gasteiger partial charge in [0.15, 0.2) is 6.61 Å². The van der Waals surface area contributed by atoms with Crippen molar-refractivity contribution in [3.05, 3.63) is 52.2 Å². The fourth-order valence-electron chi connectivity index (χ4n) is 1.85. The third-order valence-electron chi connectivity index (χ3n) is 2.90. The van der Waals surface area contributed by atoms with E-state index < -0.39 is 0 Å². The summed E-state index contributed by atoms with van der Waals surface area (Å²) in [5.41, 5.74) is 1.06. The lowest BCUT2D eigenvalue weighted by atomic mass is 10.1. The molecule has 1 heterocycles. The number of hydrogen-bond acceptors (Lipinski definition) is 5. The SMILES string of the molecule is COc1ccccc1CCNC(=O)CO/N=C/c1cccs1. The summed E-state index contributed by atoms with van der Waals surface area (Å²) in [4.78, 5) is 17.5. The van der Waals surface area contributed by atoms with E-state index >= 15 is 0 Å². The van der Waals surface area contributed by atoms with Crippen molar-refractivity contribution < 1.29 is 14.4 Å². The van der Waals surface area contributed by atoms with Crippen molar-refractivity contribution >= 4 is 23.5 Å². The van der Waals surface area contributed by atoms with Gasteiger partial charge in [-0.2, -0.15) is 0 Å². The van der Waals surface area contributed by atoms with Crippen molar-refractivity contribution in [2.75, 3.05) is 20.3 Å². The molecule has 0 bridgehead atoms. The molecule has 22 heavy (non-hydrogen) atoms. The van der Waals surface area contributed by atoms with E-state index in [1.165, 1.54) is 0 Å². The molecular weight excluding hydrogens is 300 g/mol. The molecule has 116 valence electrons. The maximum atomic E-state index is 11.6. The average Bonchev–Trinajstić information content (AvgIpc) is 3.05. The highest BCUT2D eigenvalue weighted by molar-refractivity contribution is 7.11. The number of carbonyl (C=O) groups excluding carboxylic acids is 1. The Kier molecular flexibility index (Phi) is 6.44. The number of thiophene rings is 1. The smallest absolute Gasteiger partial charge is 0.260 e. The summed E-state index contributed by atoms with van der Waals surface area (Å²) in [6.07, 6.45) is 2.29. The third-order valence-corrected chi connectivity index (χ3v) is 3.71. The van der Waals surface area contributed by atoms with Crippen molar-refractivity contribution in [1.29, 1.82) is 0 Å². The lowest BCUT2D eigenvalue weighted by Crippen LogP contribution is -2.28. The van der Waals surface area contributed by atoms with Crippen LogP contribution in [0.1, 0.15) is 10.4 Å². The van der Waals surface area contributed by atoms with Crippen LogP contribution in [0, 0.1) is 0 Å². The first-order chi connectivity index (χ1) is 10.8. The Morgan fingerprint density at radius 1 is 1.32 bits per heavy atom. The van der Waals surface area contributed by atoms with E-state index in [9.17, 15) is 4.79 Å². The number of rotatable bonds is 8. The maximum Gasteiger partial charge on any atom is 0.260 e. The Labute approximate surface area is 133 Å². The van der Waals surface area contributed by atoms with Crippen LogP contribution in [0.2, 0.25) is 0 Å². The van der Waals surface area contributed by atoms with Gasteiger partial charge in [-0.15, -0.1) is 11.3 Å². The molecule has 5 nitrogen and oxygen atoms in total. The van der Waals surface area contributed by atoms with Gasteiger partial charge in [-0.05, 0) is 29.5 Å². The zero-order valence-electron chi connectivity index (χ0n) is 12.3. The second-order valence-electron chi connectivity index (χ2n) is 4.44. The number of carbonyl (C=O) groups is 1. The lowest BCUT2D eigenvalue weighted by molar-refractivity contribution is -0.125. The standard InChI is InChI=1S/C16H18N2O3S/c1-20-15-7-3-2-5-13(15)8-9-17-16(19)12-21-18-11-14-6-4-10-22-14/h2-7,10-11H,8-9,12H2,1H3,(H,17,19)/b18-11+. The number of nitrogens with one attached hydrogen (secondary N) is 1. The largest absolute Gasteiger partial charge is 0.496 e. The molecule has 1 aromatic carbocycles. The lowest BCUT2D eigenvalue weighted by Gasteiger charge is -2.08. The summed E-state index contributed by atoms with van der Waals surface area (Å²) in [6, 6.07) is 11.6. The molecule has 0 radical (unpaired) electrons. The van der Waals surface area contributed by atoms with Crippen molar-refractivity contribution in [3.8, 4) is 5.75 Å². The van der Waals surface area contributed by atoms with Crippen molar-refractivity contribution in [1.82, 2.24) is 5.32 Å². The molecular formula is C16H18N2O3S. The molecule has 0 fully saturated rings. The van der Waals surface area contributed by atoms with Gasteiger partial charge in [0.05, 0.1) is 13.3 Å². The third kappa shape index (κ3) is 5.21. The second kappa shape index (κ2) is 8.84. The van der Waals surface area contributed by atoms with Crippen LogP contribution in [0.5, 0.6) is 5.75 Å². The highest BCUT2D eigenvalue weighted by atomic mass is 32.1. The van der Waals surface area contributed by atoms with Crippen molar-refractivity contribution in [3.63, 3.8) is 0 Å². The molecule has 0 aliphatic carbocycles. The van der Waals surface area contributed by atoms with Gasteiger partial charge in [-0.3, -0.25) is 4.79 Å². The van der Waals surface area contributed by atoms with Crippen molar-refractivity contribution in [2.45, 2.75) is 6.42 Å². The van der Waals surface area contributed by atoms with E-state index in [4.69, 9.17) is 9.57 Å². The first kappa shape index (κ1) is 16.0. The first-order valence-electron chi connectivity index (χ1n) is 6.87. The number of ether oxygens (including phenoxy) is 1. The van der Waals surface area contributed by atoms with E-state index in [0.717, 1.165) is 16.2 Å². The number of para-hydroxylation sites is 1. The summed E-state index contributed by atoms with van der Waals surface area (Å²) >= 11 is 1.56. The summed E-state index contributed by atoms with van der Waals surface area (Å²) in [6.45, 7) is 0.436. The van der Waals surface area contributed by atoms with Gasteiger partial charge in [0.25, 0.3) is 5.91 Å². The predicted molar refractivity (Wildman–Crippen MR) is 87.6 cm³/mol. The van der Waals surface area contributed by atoms with Gasteiger partial charge in [-0.1, -0.05) is 29.4 Å². The molecule has 1 aromatic heterocycles. The molecule has 6 heteroatoms. The topological polar surface area (TPSA) is 59.9 Å². The molecule has 2 rings (SSSR count). The minimum Gasteiger partial charge on any atom is -0.496 e. The fourth-order valence-corrected chi connectivity index (χ4v) is 2.42. The number of nitrogens with zero attached hydrogens (tertiary/aromatic N) is 1. The number of amides is 1. The van der Waals surface area contributed by atoms with Crippen LogP contribution >= 0.6 is 11.3 Å². The molecule has 0 saturated heterocycles. The molecule has 0 saturated carbocycles. The number of benzene rings is 1. The normalized spacial score (nSPS) is 10.6. The summed E-state index contributed by atoms with van der Waals surface area (Å²) in [5, 5.41) is 8.49. The van der Waals surface area contributed by atoms with Crippen LogP contribution in [-0.2, 0) is 16.1 Å². The summed E-state index contributed by atoms with van der Waals surface area (Å²) in [5.74, 6) is 0.631. The molecule has 0 unspecified atom stereocenters. The van der Waals surface area contributed by atoms with Crippen LogP contribution in [0.25, 0.3) is 0 Å². The van der Waals surface area contributed by atoms with E-state index in [0.29, 0.717) is 13.0 Å². The van der Waals surface area contributed by atoms with Crippen LogP contribution in [-0.4, -0.2) is 32.4 Å². The Morgan fingerprint density at radius 2 is 2.18 bits per heavy atom. The van der Waals surface area contributed by atoms with Crippen molar-refractivity contribution in [2.24, 2.45) is 5.16 Å². The molecule has 1 amide bonds. The summed E-state index contributed by atoms with van der Waals surface area (Å²) in [7, 11) is 1.64. The molecule has 0 atom stereocenters. The monoisotopic (exact) mass is 318 g/mol. The Bertz CT molecular complexity index is 612.